The third-order valence-corrected chi connectivity index (χ3v) is 4.74. The standard InChI is InChI=1S/C17H25N5O2/c1-20(2)8-9-22-10-14-12(17(22)24)5-6-13(19-14)15-4-3-7-21(15)11-16(18)23/h5-6,15H,3-4,7-11H2,1-2H3,(H2,18,23)/t15-/m1/s1. The third kappa shape index (κ3) is 3.42. The van der Waals surface area contributed by atoms with Crippen molar-refractivity contribution in [3.8, 4) is 0 Å². The van der Waals surface area contributed by atoms with E-state index in [4.69, 9.17) is 10.7 Å². The maximum absolute atomic E-state index is 12.4. The summed E-state index contributed by atoms with van der Waals surface area (Å²) in [7, 11) is 3.99. The van der Waals surface area contributed by atoms with Crippen molar-refractivity contribution >= 4 is 11.8 Å². The highest BCUT2D eigenvalue weighted by Gasteiger charge is 2.32. The van der Waals surface area contributed by atoms with Crippen LogP contribution in [-0.4, -0.2) is 71.8 Å². The van der Waals surface area contributed by atoms with Crippen molar-refractivity contribution in [1.82, 2.24) is 19.7 Å². The van der Waals surface area contributed by atoms with Gasteiger partial charge in [-0.1, -0.05) is 0 Å². The average Bonchev–Trinajstić information content (AvgIpc) is 3.09. The fourth-order valence-electron chi connectivity index (χ4n) is 3.49. The lowest BCUT2D eigenvalue weighted by Gasteiger charge is -2.22. The zero-order chi connectivity index (χ0) is 17.3. The maximum Gasteiger partial charge on any atom is 0.256 e. The Morgan fingerprint density at radius 1 is 1.42 bits per heavy atom. The van der Waals surface area contributed by atoms with Gasteiger partial charge in [0, 0.05) is 13.1 Å². The van der Waals surface area contributed by atoms with Gasteiger partial charge in [0.15, 0.2) is 0 Å². The number of carbonyl (C=O) groups excluding carboxylic acids is 2. The molecular formula is C17H25N5O2. The summed E-state index contributed by atoms with van der Waals surface area (Å²) in [6.45, 7) is 3.23. The van der Waals surface area contributed by atoms with Gasteiger partial charge in [-0.3, -0.25) is 19.5 Å². The summed E-state index contributed by atoms with van der Waals surface area (Å²) < 4.78 is 0. The molecular weight excluding hydrogens is 306 g/mol. The summed E-state index contributed by atoms with van der Waals surface area (Å²) in [5.74, 6) is -0.251. The Morgan fingerprint density at radius 2 is 2.21 bits per heavy atom. The first kappa shape index (κ1) is 16.9. The molecule has 1 saturated heterocycles. The summed E-state index contributed by atoms with van der Waals surface area (Å²) in [6.07, 6.45) is 2.00. The number of rotatable bonds is 6. The number of aromatic nitrogens is 1. The fraction of sp³-hybridized carbons (Fsp3) is 0.588. The Labute approximate surface area is 142 Å². The van der Waals surface area contributed by atoms with Gasteiger partial charge in [-0.15, -0.1) is 0 Å². The van der Waals surface area contributed by atoms with E-state index in [0.717, 1.165) is 37.3 Å². The number of primary amides is 1. The SMILES string of the molecule is CN(C)CCN1Cc2nc([C@H]3CCCN3CC(N)=O)ccc2C1=O. The van der Waals surface area contributed by atoms with Crippen molar-refractivity contribution < 1.29 is 9.59 Å². The number of hydrogen-bond donors (Lipinski definition) is 1. The highest BCUT2D eigenvalue weighted by atomic mass is 16.2. The number of nitrogens with two attached hydrogens (primary N) is 1. The topological polar surface area (TPSA) is 82.8 Å². The Morgan fingerprint density at radius 3 is 2.92 bits per heavy atom. The number of likely N-dealkylation sites (tertiary alicyclic amines) is 1. The van der Waals surface area contributed by atoms with Crippen LogP contribution >= 0.6 is 0 Å². The Hall–Kier alpha value is -1.99. The molecule has 1 fully saturated rings. The van der Waals surface area contributed by atoms with E-state index in [-0.39, 0.29) is 24.4 Å². The van der Waals surface area contributed by atoms with E-state index < -0.39 is 0 Å². The van der Waals surface area contributed by atoms with E-state index in [0.29, 0.717) is 18.7 Å². The van der Waals surface area contributed by atoms with Gasteiger partial charge >= 0.3 is 0 Å². The highest BCUT2D eigenvalue weighted by molar-refractivity contribution is 5.97. The van der Waals surface area contributed by atoms with Crippen LogP contribution in [0.3, 0.4) is 0 Å². The summed E-state index contributed by atoms with van der Waals surface area (Å²) in [4.78, 5) is 34.4. The summed E-state index contributed by atoms with van der Waals surface area (Å²) in [5, 5.41) is 0. The molecule has 0 aromatic carbocycles. The molecule has 3 rings (SSSR count). The highest BCUT2D eigenvalue weighted by Crippen LogP contribution is 2.32. The molecule has 2 amide bonds. The second-order valence-electron chi connectivity index (χ2n) is 6.86. The molecule has 0 saturated carbocycles. The fourth-order valence-corrected chi connectivity index (χ4v) is 3.49. The molecule has 2 N–H and O–H groups in total. The lowest BCUT2D eigenvalue weighted by molar-refractivity contribution is -0.119. The molecule has 1 aromatic heterocycles. The normalized spacial score (nSPS) is 20.9. The van der Waals surface area contributed by atoms with Gasteiger partial charge in [-0.25, -0.2) is 0 Å². The minimum Gasteiger partial charge on any atom is -0.369 e. The van der Waals surface area contributed by atoms with Crippen LogP contribution in [0, 0.1) is 0 Å². The summed E-state index contributed by atoms with van der Waals surface area (Å²) in [5.41, 5.74) is 7.83. The van der Waals surface area contributed by atoms with E-state index in [1.807, 2.05) is 31.1 Å². The number of amides is 2. The van der Waals surface area contributed by atoms with Crippen LogP contribution in [0.5, 0.6) is 0 Å². The maximum atomic E-state index is 12.4. The van der Waals surface area contributed by atoms with Gasteiger partial charge in [0.25, 0.3) is 5.91 Å². The molecule has 2 aliphatic rings. The van der Waals surface area contributed by atoms with Crippen LogP contribution in [-0.2, 0) is 11.3 Å². The molecule has 24 heavy (non-hydrogen) atoms. The second kappa shape index (κ2) is 6.86. The lowest BCUT2D eigenvalue weighted by atomic mass is 10.1. The molecule has 3 heterocycles. The monoisotopic (exact) mass is 331 g/mol. The first-order chi connectivity index (χ1) is 11.5. The summed E-state index contributed by atoms with van der Waals surface area (Å²) in [6, 6.07) is 3.93. The molecule has 1 aromatic rings. The van der Waals surface area contributed by atoms with Gasteiger partial charge in [-0.05, 0) is 45.6 Å². The second-order valence-corrected chi connectivity index (χ2v) is 6.86. The molecule has 2 aliphatic heterocycles. The van der Waals surface area contributed by atoms with Gasteiger partial charge in [-0.2, -0.15) is 0 Å². The molecule has 130 valence electrons. The van der Waals surface area contributed by atoms with Crippen LogP contribution in [0.25, 0.3) is 0 Å². The number of hydrogen-bond acceptors (Lipinski definition) is 5. The average molecular weight is 331 g/mol. The van der Waals surface area contributed by atoms with Crippen molar-refractivity contribution in [3.05, 3.63) is 29.1 Å². The predicted octanol–water partition coefficient (Wildman–Crippen LogP) is 0.221. The zero-order valence-electron chi connectivity index (χ0n) is 14.4. The molecule has 7 heteroatoms. The molecule has 1 atom stereocenters. The van der Waals surface area contributed by atoms with E-state index >= 15 is 0 Å². The van der Waals surface area contributed by atoms with Crippen molar-refractivity contribution in [1.29, 1.82) is 0 Å². The Bertz CT molecular complexity index is 646. The largest absolute Gasteiger partial charge is 0.369 e. The van der Waals surface area contributed by atoms with Crippen LogP contribution in [0.1, 0.15) is 40.6 Å². The van der Waals surface area contributed by atoms with E-state index in [9.17, 15) is 9.59 Å². The van der Waals surface area contributed by atoms with Crippen LogP contribution < -0.4 is 5.73 Å². The molecule has 0 spiro atoms. The quantitative estimate of drug-likeness (QED) is 0.806. The molecule has 0 unspecified atom stereocenters. The van der Waals surface area contributed by atoms with E-state index in [1.54, 1.807) is 0 Å². The molecule has 0 aliphatic carbocycles. The Kier molecular flexibility index (Phi) is 4.82. The van der Waals surface area contributed by atoms with Gasteiger partial charge in [0.05, 0.1) is 36.1 Å². The lowest BCUT2D eigenvalue weighted by Crippen LogP contribution is -2.33. The first-order valence-corrected chi connectivity index (χ1v) is 8.42. The van der Waals surface area contributed by atoms with Crippen LogP contribution in [0.2, 0.25) is 0 Å². The smallest absolute Gasteiger partial charge is 0.256 e. The molecule has 7 nitrogen and oxygen atoms in total. The number of nitrogens with zero attached hydrogens (tertiary/aromatic N) is 4. The minimum atomic E-state index is -0.312. The zero-order valence-corrected chi connectivity index (χ0v) is 14.4. The van der Waals surface area contributed by atoms with Crippen molar-refractivity contribution in [2.45, 2.75) is 25.4 Å². The summed E-state index contributed by atoms with van der Waals surface area (Å²) >= 11 is 0. The Balaban J connectivity index is 1.75. The van der Waals surface area contributed by atoms with Crippen molar-refractivity contribution in [2.75, 3.05) is 40.3 Å². The molecule has 0 radical (unpaired) electrons. The van der Waals surface area contributed by atoms with Crippen molar-refractivity contribution in [3.63, 3.8) is 0 Å². The number of carbonyl (C=O) groups is 2. The van der Waals surface area contributed by atoms with Gasteiger partial charge in [0.1, 0.15) is 0 Å². The minimum absolute atomic E-state index is 0.0614. The number of likely N-dealkylation sites (N-methyl/N-ethyl adjacent to an activating group) is 1. The number of pyridine rings is 1. The van der Waals surface area contributed by atoms with E-state index in [2.05, 4.69) is 9.80 Å². The first-order valence-electron chi connectivity index (χ1n) is 8.42. The third-order valence-electron chi connectivity index (χ3n) is 4.74. The predicted molar refractivity (Wildman–Crippen MR) is 90.3 cm³/mol. The van der Waals surface area contributed by atoms with Gasteiger partial charge < -0.3 is 15.5 Å². The van der Waals surface area contributed by atoms with Gasteiger partial charge in [0.2, 0.25) is 5.91 Å². The molecule has 0 bridgehead atoms. The number of fused-ring (bicyclic) bond motifs is 1. The van der Waals surface area contributed by atoms with Crippen LogP contribution in [0.15, 0.2) is 12.1 Å². The van der Waals surface area contributed by atoms with Crippen LogP contribution in [0.4, 0.5) is 0 Å². The van der Waals surface area contributed by atoms with Crippen molar-refractivity contribution in [2.24, 2.45) is 5.73 Å². The van der Waals surface area contributed by atoms with E-state index in [1.165, 1.54) is 0 Å².